The van der Waals surface area contributed by atoms with E-state index in [1.165, 1.54) is 0 Å². The number of thiocarbonyl (C=S) groups is 1. The molecular formula is C21H17Cl3N2S. The Morgan fingerprint density at radius 1 is 0.778 bits per heavy atom. The third kappa shape index (κ3) is 5.60. The highest BCUT2D eigenvalue weighted by molar-refractivity contribution is 7.80. The van der Waals surface area contributed by atoms with Crippen molar-refractivity contribution in [3.63, 3.8) is 0 Å². The second-order valence-electron chi connectivity index (χ2n) is 6.00. The minimum Gasteiger partial charge on any atom is -0.340 e. The van der Waals surface area contributed by atoms with Crippen LogP contribution in [0.1, 0.15) is 11.1 Å². The molecule has 0 saturated heterocycles. The highest BCUT2D eigenvalue weighted by atomic mass is 35.5. The predicted octanol–water partition coefficient (Wildman–Crippen LogP) is 7.05. The van der Waals surface area contributed by atoms with Crippen molar-refractivity contribution < 1.29 is 0 Å². The molecule has 0 amide bonds. The number of halogens is 3. The van der Waals surface area contributed by atoms with E-state index in [2.05, 4.69) is 34.5 Å². The molecule has 0 aliphatic heterocycles. The number of benzene rings is 3. The summed E-state index contributed by atoms with van der Waals surface area (Å²) in [4.78, 5) is 2.07. The molecule has 6 heteroatoms. The number of hydrogen-bond donors (Lipinski definition) is 1. The fraction of sp³-hybridized carbons (Fsp3) is 0.0952. The lowest BCUT2D eigenvalue weighted by atomic mass is 10.2. The van der Waals surface area contributed by atoms with Crippen molar-refractivity contribution in [2.24, 2.45) is 0 Å². The number of rotatable bonds is 5. The van der Waals surface area contributed by atoms with Gasteiger partial charge in [-0.05, 0) is 35.5 Å². The second kappa shape index (κ2) is 9.43. The Morgan fingerprint density at radius 3 is 1.67 bits per heavy atom. The Bertz CT molecular complexity index is 853. The van der Waals surface area contributed by atoms with Gasteiger partial charge in [0.05, 0.1) is 15.7 Å². The Labute approximate surface area is 179 Å². The van der Waals surface area contributed by atoms with Gasteiger partial charge in [-0.2, -0.15) is 0 Å². The highest BCUT2D eigenvalue weighted by Crippen LogP contribution is 2.34. The van der Waals surface area contributed by atoms with E-state index in [0.717, 1.165) is 11.1 Å². The molecule has 0 aliphatic rings. The maximum absolute atomic E-state index is 6.29. The zero-order valence-corrected chi connectivity index (χ0v) is 17.4. The molecule has 0 fully saturated rings. The van der Waals surface area contributed by atoms with Crippen molar-refractivity contribution >= 4 is 57.8 Å². The first-order valence-corrected chi connectivity index (χ1v) is 9.85. The zero-order valence-electron chi connectivity index (χ0n) is 14.3. The molecule has 0 spiro atoms. The topological polar surface area (TPSA) is 15.3 Å². The Hall–Kier alpha value is -1.78. The van der Waals surface area contributed by atoms with Crippen LogP contribution in [0.15, 0.2) is 72.8 Å². The van der Waals surface area contributed by atoms with Gasteiger partial charge in [0, 0.05) is 18.1 Å². The molecule has 0 radical (unpaired) electrons. The van der Waals surface area contributed by atoms with Crippen molar-refractivity contribution in [1.82, 2.24) is 4.90 Å². The Kier molecular flexibility index (Phi) is 6.97. The summed E-state index contributed by atoms with van der Waals surface area (Å²) in [7, 11) is 0. The molecule has 3 aromatic carbocycles. The quantitative estimate of drug-likeness (QED) is 0.432. The van der Waals surface area contributed by atoms with Crippen molar-refractivity contribution in [3.05, 3.63) is 99.0 Å². The van der Waals surface area contributed by atoms with E-state index in [4.69, 9.17) is 47.0 Å². The lowest BCUT2D eigenvalue weighted by molar-refractivity contribution is 0.413. The third-order valence-corrected chi connectivity index (χ3v) is 5.13. The smallest absolute Gasteiger partial charge is 0.174 e. The zero-order chi connectivity index (χ0) is 19.2. The van der Waals surface area contributed by atoms with Crippen molar-refractivity contribution in [1.29, 1.82) is 0 Å². The standard InChI is InChI=1S/C21H17Cl3N2S/c22-17-11-18(23)20(19(24)12-17)25-21(27)26(13-15-7-3-1-4-8-15)14-16-9-5-2-6-10-16/h1-12H,13-14H2,(H,25,27). The molecule has 1 N–H and O–H groups in total. The van der Waals surface area contributed by atoms with E-state index in [0.29, 0.717) is 39.0 Å². The van der Waals surface area contributed by atoms with Crippen LogP contribution in [0.4, 0.5) is 5.69 Å². The lowest BCUT2D eigenvalue weighted by Gasteiger charge is -2.27. The maximum Gasteiger partial charge on any atom is 0.174 e. The summed E-state index contributed by atoms with van der Waals surface area (Å²) in [5.41, 5.74) is 2.87. The summed E-state index contributed by atoms with van der Waals surface area (Å²) in [6.45, 7) is 1.31. The van der Waals surface area contributed by atoms with E-state index in [1.54, 1.807) is 12.1 Å². The van der Waals surface area contributed by atoms with E-state index in [9.17, 15) is 0 Å². The second-order valence-corrected chi connectivity index (χ2v) is 7.64. The molecule has 27 heavy (non-hydrogen) atoms. The maximum atomic E-state index is 6.29. The van der Waals surface area contributed by atoms with Crippen LogP contribution in [0.2, 0.25) is 15.1 Å². The van der Waals surface area contributed by atoms with Crippen LogP contribution in [0.3, 0.4) is 0 Å². The van der Waals surface area contributed by atoms with Gasteiger partial charge in [-0.1, -0.05) is 95.5 Å². The largest absolute Gasteiger partial charge is 0.340 e. The first-order valence-electron chi connectivity index (χ1n) is 8.31. The van der Waals surface area contributed by atoms with Crippen molar-refractivity contribution in [2.45, 2.75) is 13.1 Å². The molecule has 0 unspecified atom stereocenters. The normalized spacial score (nSPS) is 10.5. The summed E-state index contributed by atoms with van der Waals surface area (Å²) < 4.78 is 0. The molecule has 0 saturated carbocycles. The molecule has 0 aromatic heterocycles. The first kappa shape index (κ1) is 20.0. The van der Waals surface area contributed by atoms with Gasteiger partial charge in [-0.3, -0.25) is 0 Å². The number of hydrogen-bond acceptors (Lipinski definition) is 1. The minimum atomic E-state index is 0.425. The summed E-state index contributed by atoms with van der Waals surface area (Å²) in [5.74, 6) is 0. The average Bonchev–Trinajstić information content (AvgIpc) is 2.65. The van der Waals surface area contributed by atoms with Gasteiger partial charge in [0.15, 0.2) is 5.11 Å². The molecule has 3 rings (SSSR count). The van der Waals surface area contributed by atoms with Gasteiger partial charge >= 0.3 is 0 Å². The number of nitrogens with zero attached hydrogens (tertiary/aromatic N) is 1. The molecule has 3 aromatic rings. The summed E-state index contributed by atoms with van der Waals surface area (Å²) in [6.07, 6.45) is 0. The number of nitrogens with one attached hydrogen (secondary N) is 1. The van der Waals surface area contributed by atoms with Gasteiger partial charge in [-0.15, -0.1) is 0 Å². The van der Waals surface area contributed by atoms with Gasteiger partial charge in [-0.25, -0.2) is 0 Å². The Balaban J connectivity index is 1.84. The van der Waals surface area contributed by atoms with Crippen LogP contribution < -0.4 is 5.32 Å². The summed E-state index contributed by atoms with van der Waals surface area (Å²) in [6, 6.07) is 23.6. The summed E-state index contributed by atoms with van der Waals surface area (Å²) in [5, 5.41) is 5.05. The summed E-state index contributed by atoms with van der Waals surface area (Å²) >= 11 is 24.3. The van der Waals surface area contributed by atoms with E-state index < -0.39 is 0 Å². The van der Waals surface area contributed by atoms with E-state index in [-0.39, 0.29) is 0 Å². The molecule has 0 heterocycles. The average molecular weight is 436 g/mol. The van der Waals surface area contributed by atoms with Gasteiger partial charge in [0.1, 0.15) is 0 Å². The number of anilines is 1. The van der Waals surface area contributed by atoms with Crippen LogP contribution in [0.5, 0.6) is 0 Å². The van der Waals surface area contributed by atoms with Crippen molar-refractivity contribution in [2.75, 3.05) is 5.32 Å². The minimum absolute atomic E-state index is 0.425. The van der Waals surface area contributed by atoms with Gasteiger partial charge in [0.25, 0.3) is 0 Å². The van der Waals surface area contributed by atoms with Crippen LogP contribution >= 0.6 is 47.0 Å². The van der Waals surface area contributed by atoms with Crippen LogP contribution in [-0.4, -0.2) is 10.0 Å². The van der Waals surface area contributed by atoms with E-state index in [1.807, 2.05) is 36.4 Å². The molecule has 2 nitrogen and oxygen atoms in total. The van der Waals surface area contributed by atoms with Crippen LogP contribution in [0, 0.1) is 0 Å². The Morgan fingerprint density at radius 2 is 1.22 bits per heavy atom. The monoisotopic (exact) mass is 434 g/mol. The van der Waals surface area contributed by atoms with Crippen LogP contribution in [-0.2, 0) is 13.1 Å². The lowest BCUT2D eigenvalue weighted by Crippen LogP contribution is -2.34. The van der Waals surface area contributed by atoms with Crippen molar-refractivity contribution in [3.8, 4) is 0 Å². The third-order valence-electron chi connectivity index (χ3n) is 3.96. The molecule has 138 valence electrons. The fourth-order valence-electron chi connectivity index (χ4n) is 2.65. The molecule has 0 aliphatic carbocycles. The van der Waals surface area contributed by atoms with Gasteiger partial charge < -0.3 is 10.2 Å². The highest BCUT2D eigenvalue weighted by Gasteiger charge is 2.15. The van der Waals surface area contributed by atoms with Gasteiger partial charge in [0.2, 0.25) is 0 Å². The fourth-order valence-corrected chi connectivity index (χ4v) is 3.80. The first-order chi connectivity index (χ1) is 13.0. The van der Waals surface area contributed by atoms with Crippen LogP contribution in [0.25, 0.3) is 0 Å². The molecule has 0 bridgehead atoms. The van der Waals surface area contributed by atoms with E-state index >= 15 is 0 Å². The molecule has 0 atom stereocenters. The predicted molar refractivity (Wildman–Crippen MR) is 120 cm³/mol. The molecular weight excluding hydrogens is 419 g/mol. The SMILES string of the molecule is S=C(Nc1c(Cl)cc(Cl)cc1Cl)N(Cc1ccccc1)Cc1ccccc1.